The molecule has 198 valence electrons. The second-order valence-corrected chi connectivity index (χ2v) is 14.3. The maximum Gasteiger partial charge on any atom is 0.418 e. The fourth-order valence-corrected chi connectivity index (χ4v) is 10.2. The van der Waals surface area contributed by atoms with Crippen LogP contribution in [0.3, 0.4) is 0 Å². The Hall–Kier alpha value is -2.27. The Kier molecular flexibility index (Phi) is 7.60. The molecule has 0 bridgehead atoms. The molecule has 1 fully saturated rings. The van der Waals surface area contributed by atoms with Gasteiger partial charge in [0.15, 0.2) is 0 Å². The second kappa shape index (κ2) is 10.1. The molecule has 8 heteroatoms. The zero-order chi connectivity index (χ0) is 25.7. The van der Waals surface area contributed by atoms with Crippen LogP contribution in [0, 0.1) is 0 Å². The van der Waals surface area contributed by atoms with Gasteiger partial charge in [-0.05, 0) is 56.2 Å². The van der Waals surface area contributed by atoms with Crippen molar-refractivity contribution in [1.29, 1.82) is 0 Å². The quantitative estimate of drug-likeness (QED) is 0.233. The van der Waals surface area contributed by atoms with E-state index in [-0.39, 0.29) is 23.3 Å². The topological polar surface area (TPSA) is 20.5 Å². The van der Waals surface area contributed by atoms with Gasteiger partial charge in [0.25, 0.3) is 0 Å². The molecule has 0 saturated carbocycles. The molecule has 0 amide bonds. The number of aryl methyl sites for hydroxylation is 1. The minimum atomic E-state index is -4.46. The van der Waals surface area contributed by atoms with Crippen molar-refractivity contribution in [3.05, 3.63) is 72.3 Å². The number of hydrogen-bond acceptors (Lipinski definition) is 1. The summed E-state index contributed by atoms with van der Waals surface area (Å²) in [5, 5.41) is 2.98. The molecular weight excluding hydrogens is 514 g/mol. The zero-order valence-corrected chi connectivity index (χ0v) is 23.4. The maximum absolute atomic E-state index is 14.1. The SMILES string of the molecule is CCn1c2ccccc2c2cc(P(=Nc3ccccc3C(F)(F)F)(N3CCCC3)C(C)(C)C)ccc21.Cl. The van der Waals surface area contributed by atoms with Crippen LogP contribution in [0.4, 0.5) is 18.9 Å². The number of halogens is 4. The van der Waals surface area contributed by atoms with Gasteiger partial charge in [-0.1, -0.05) is 51.1 Å². The van der Waals surface area contributed by atoms with E-state index in [0.29, 0.717) is 0 Å². The van der Waals surface area contributed by atoms with Crippen molar-refractivity contribution in [3.63, 3.8) is 0 Å². The molecule has 1 atom stereocenters. The lowest BCUT2D eigenvalue weighted by atomic mass is 10.1. The number of benzene rings is 3. The van der Waals surface area contributed by atoms with Crippen molar-refractivity contribution in [3.8, 4) is 0 Å². The third kappa shape index (κ3) is 4.62. The molecule has 3 nitrogen and oxygen atoms in total. The smallest absolute Gasteiger partial charge is 0.341 e. The Bertz CT molecular complexity index is 1480. The van der Waals surface area contributed by atoms with E-state index >= 15 is 0 Å². The van der Waals surface area contributed by atoms with Crippen molar-refractivity contribution in [2.75, 3.05) is 13.1 Å². The normalized spacial score (nSPS) is 16.6. The van der Waals surface area contributed by atoms with Gasteiger partial charge in [-0.25, -0.2) is 4.74 Å². The first-order valence-corrected chi connectivity index (χ1v) is 14.3. The van der Waals surface area contributed by atoms with Gasteiger partial charge in [0.05, 0.1) is 18.5 Å². The first kappa shape index (κ1) is 27.8. The van der Waals surface area contributed by atoms with Crippen molar-refractivity contribution in [2.45, 2.75) is 58.4 Å². The summed E-state index contributed by atoms with van der Waals surface area (Å²) in [5.74, 6) is 0. The van der Waals surface area contributed by atoms with Crippen molar-refractivity contribution in [2.24, 2.45) is 4.74 Å². The van der Waals surface area contributed by atoms with Crippen molar-refractivity contribution in [1.82, 2.24) is 9.24 Å². The molecule has 0 aliphatic carbocycles. The predicted octanol–water partition coefficient (Wildman–Crippen LogP) is 9.22. The van der Waals surface area contributed by atoms with Crippen LogP contribution in [0.2, 0.25) is 0 Å². The molecule has 37 heavy (non-hydrogen) atoms. The van der Waals surface area contributed by atoms with E-state index in [9.17, 15) is 13.2 Å². The van der Waals surface area contributed by atoms with E-state index in [4.69, 9.17) is 4.74 Å². The third-order valence-corrected chi connectivity index (χ3v) is 11.9. The molecule has 1 aromatic heterocycles. The van der Waals surface area contributed by atoms with Gasteiger partial charge in [0, 0.05) is 51.9 Å². The standard InChI is InChI=1S/C29H33F3N3P.ClH/c1-5-35-26-15-9-6-12-22(26)23-20-21(16-17-27(23)35)36(28(2,3)4,34-18-10-11-19-34)33-25-14-8-7-13-24(25)29(30,31)32;/h6-9,12-17,20H,5,10-11,18-19H2,1-4H3;1H. The minimum Gasteiger partial charge on any atom is -0.341 e. The first-order chi connectivity index (χ1) is 17.1. The van der Waals surface area contributed by atoms with Crippen molar-refractivity contribution >= 4 is 52.4 Å². The molecule has 1 saturated heterocycles. The Morgan fingerprint density at radius 2 is 1.46 bits per heavy atom. The largest absolute Gasteiger partial charge is 0.418 e. The van der Waals surface area contributed by atoms with Crippen LogP contribution >= 0.6 is 19.6 Å². The van der Waals surface area contributed by atoms with E-state index in [1.165, 1.54) is 23.0 Å². The fraction of sp³-hybridized carbons (Fsp3) is 0.379. The van der Waals surface area contributed by atoms with E-state index in [0.717, 1.165) is 54.7 Å². The predicted molar refractivity (Wildman–Crippen MR) is 153 cm³/mol. The van der Waals surface area contributed by atoms with Gasteiger partial charge < -0.3 is 4.57 Å². The van der Waals surface area contributed by atoms with Gasteiger partial charge in [0.1, 0.15) is 0 Å². The average molecular weight is 548 g/mol. The monoisotopic (exact) mass is 547 g/mol. The lowest BCUT2D eigenvalue weighted by Crippen LogP contribution is -2.35. The van der Waals surface area contributed by atoms with Crippen LogP contribution in [-0.2, 0) is 12.7 Å². The van der Waals surface area contributed by atoms with E-state index in [1.54, 1.807) is 6.07 Å². The molecule has 4 aromatic rings. The molecular formula is C29H34ClF3N3P. The first-order valence-electron chi connectivity index (χ1n) is 12.6. The van der Waals surface area contributed by atoms with Crippen LogP contribution in [0.15, 0.2) is 71.5 Å². The Morgan fingerprint density at radius 1 is 0.838 bits per heavy atom. The van der Waals surface area contributed by atoms with Crippen LogP contribution < -0.4 is 5.30 Å². The summed E-state index contributed by atoms with van der Waals surface area (Å²) in [4.78, 5) is 0. The molecule has 0 N–H and O–H groups in total. The number of fused-ring (bicyclic) bond motifs is 3. The van der Waals surface area contributed by atoms with Gasteiger partial charge >= 0.3 is 6.18 Å². The highest BCUT2D eigenvalue weighted by Crippen LogP contribution is 2.65. The van der Waals surface area contributed by atoms with Crippen LogP contribution in [0.5, 0.6) is 0 Å². The number of hydrogen-bond donors (Lipinski definition) is 0. The summed E-state index contributed by atoms with van der Waals surface area (Å²) in [6.45, 7) is 11.1. The summed E-state index contributed by atoms with van der Waals surface area (Å²) in [7, 11) is -2.63. The minimum absolute atomic E-state index is 0. The molecule has 0 spiro atoms. The highest BCUT2D eigenvalue weighted by Gasteiger charge is 2.43. The second-order valence-electron chi connectivity index (χ2n) is 10.5. The summed E-state index contributed by atoms with van der Waals surface area (Å²) < 4.78 is 52.1. The molecule has 2 heterocycles. The highest BCUT2D eigenvalue weighted by molar-refractivity contribution is 7.73. The number of alkyl halides is 3. The summed E-state index contributed by atoms with van der Waals surface area (Å²) in [6.07, 6.45) is -2.39. The maximum atomic E-state index is 14.1. The summed E-state index contributed by atoms with van der Waals surface area (Å²) in [5.41, 5.74) is 1.69. The van der Waals surface area contributed by atoms with Gasteiger partial charge in [-0.3, -0.25) is 4.67 Å². The van der Waals surface area contributed by atoms with Crippen LogP contribution in [0.25, 0.3) is 21.8 Å². The molecule has 1 aliphatic heterocycles. The molecule has 1 aliphatic rings. The summed E-state index contributed by atoms with van der Waals surface area (Å²) >= 11 is 0. The van der Waals surface area contributed by atoms with E-state index < -0.39 is 18.9 Å². The Labute approximate surface area is 223 Å². The number of para-hydroxylation sites is 1. The Morgan fingerprint density at radius 3 is 2.11 bits per heavy atom. The number of aromatic nitrogens is 1. The molecule has 5 rings (SSSR count). The highest BCUT2D eigenvalue weighted by atomic mass is 35.5. The Balaban J connectivity index is 0.00000320. The van der Waals surface area contributed by atoms with E-state index in [2.05, 4.69) is 67.3 Å². The lowest BCUT2D eigenvalue weighted by molar-refractivity contribution is -0.137. The molecule has 1 unspecified atom stereocenters. The third-order valence-electron chi connectivity index (χ3n) is 7.32. The van der Waals surface area contributed by atoms with E-state index in [1.807, 2.05) is 12.1 Å². The fourth-order valence-electron chi connectivity index (χ4n) is 5.77. The summed E-state index contributed by atoms with van der Waals surface area (Å²) in [6, 6.07) is 20.7. The van der Waals surface area contributed by atoms with Crippen molar-refractivity contribution < 1.29 is 13.2 Å². The van der Waals surface area contributed by atoms with Crippen LogP contribution in [-0.4, -0.2) is 27.5 Å². The average Bonchev–Trinajstić information content (AvgIpc) is 3.47. The number of nitrogens with zero attached hydrogens (tertiary/aromatic N) is 3. The van der Waals surface area contributed by atoms with Gasteiger partial charge in [-0.15, -0.1) is 12.4 Å². The van der Waals surface area contributed by atoms with Gasteiger partial charge in [-0.2, -0.15) is 13.2 Å². The lowest BCUT2D eigenvalue weighted by Gasteiger charge is -2.44. The molecule has 0 radical (unpaired) electrons. The zero-order valence-electron chi connectivity index (χ0n) is 21.7. The molecule has 3 aromatic carbocycles. The number of rotatable bonds is 4. The van der Waals surface area contributed by atoms with Gasteiger partial charge in [0.2, 0.25) is 0 Å². The van der Waals surface area contributed by atoms with Crippen LogP contribution in [0.1, 0.15) is 46.1 Å².